The van der Waals surface area contributed by atoms with Gasteiger partial charge in [-0.3, -0.25) is 0 Å². The minimum Gasteiger partial charge on any atom is -0.0931 e. The van der Waals surface area contributed by atoms with Crippen LogP contribution in [0.4, 0.5) is 0 Å². The lowest BCUT2D eigenvalue weighted by molar-refractivity contribution is 1.07. The van der Waals surface area contributed by atoms with Crippen molar-refractivity contribution in [3.63, 3.8) is 0 Å². The highest BCUT2D eigenvalue weighted by Crippen LogP contribution is 1.92. The average molecular weight is 179 g/mol. The Morgan fingerprint density at radius 2 is 2.14 bits per heavy atom. The van der Waals surface area contributed by atoms with Crippen molar-refractivity contribution in [1.29, 1.82) is 0 Å². The summed E-state index contributed by atoms with van der Waals surface area (Å²) in [7, 11) is 1.19. The van der Waals surface area contributed by atoms with Gasteiger partial charge in [0.1, 0.15) is 0 Å². The number of halogens is 1. The van der Waals surface area contributed by atoms with Crippen molar-refractivity contribution in [2.45, 2.75) is 25.4 Å². The molecule has 0 amide bonds. The summed E-state index contributed by atoms with van der Waals surface area (Å²) in [6, 6.07) is 2.79. The molecule has 2 heteroatoms. The molecule has 0 spiro atoms. The fraction of sp³-hybridized carbons (Fsp3) is 1.00. The highest BCUT2D eigenvalue weighted by molar-refractivity contribution is 9.09. The predicted octanol–water partition coefficient (Wildman–Crippen LogP) is 2.33. The SMILES string of the molecule is CCC[Si]CCBr. The molecule has 0 aromatic carbocycles. The summed E-state index contributed by atoms with van der Waals surface area (Å²) in [4.78, 5) is 0. The Labute approximate surface area is 56.6 Å². The van der Waals surface area contributed by atoms with Gasteiger partial charge in [0.15, 0.2) is 0 Å². The van der Waals surface area contributed by atoms with Gasteiger partial charge < -0.3 is 0 Å². The summed E-state index contributed by atoms with van der Waals surface area (Å²) in [5.41, 5.74) is 0. The summed E-state index contributed by atoms with van der Waals surface area (Å²) in [5, 5.41) is 1.19. The topological polar surface area (TPSA) is 0 Å². The Morgan fingerprint density at radius 3 is 2.57 bits per heavy atom. The van der Waals surface area contributed by atoms with E-state index in [1.54, 1.807) is 0 Å². The van der Waals surface area contributed by atoms with Gasteiger partial charge in [-0.25, -0.2) is 0 Å². The van der Waals surface area contributed by atoms with Crippen molar-refractivity contribution in [2.24, 2.45) is 0 Å². The van der Waals surface area contributed by atoms with Crippen LogP contribution in [-0.4, -0.2) is 14.8 Å². The Bertz CT molecular complexity index is 27.3. The van der Waals surface area contributed by atoms with Crippen molar-refractivity contribution in [1.82, 2.24) is 0 Å². The first-order valence-electron chi connectivity index (χ1n) is 2.68. The van der Waals surface area contributed by atoms with Crippen LogP contribution in [0.2, 0.25) is 12.1 Å². The quantitative estimate of drug-likeness (QED) is 0.353. The van der Waals surface area contributed by atoms with E-state index in [0.717, 1.165) is 0 Å². The summed E-state index contributed by atoms with van der Waals surface area (Å²) < 4.78 is 0. The normalized spacial score (nSPS) is 9.43. The fourth-order valence-electron chi connectivity index (χ4n) is 0.369. The lowest BCUT2D eigenvalue weighted by Gasteiger charge is -1.88. The average Bonchev–Trinajstić information content (AvgIpc) is 1.69. The maximum atomic E-state index is 3.39. The first-order chi connectivity index (χ1) is 3.41. The van der Waals surface area contributed by atoms with E-state index in [4.69, 9.17) is 0 Å². The molecule has 0 nitrogen and oxygen atoms in total. The number of hydrogen-bond donors (Lipinski definition) is 0. The van der Waals surface area contributed by atoms with E-state index in [9.17, 15) is 0 Å². The Balaban J connectivity index is 2.45. The van der Waals surface area contributed by atoms with Gasteiger partial charge in [0.05, 0.1) is 0 Å². The monoisotopic (exact) mass is 178 g/mol. The third-order valence-corrected chi connectivity index (χ3v) is 3.28. The van der Waals surface area contributed by atoms with Gasteiger partial charge in [0.25, 0.3) is 0 Å². The van der Waals surface area contributed by atoms with E-state index in [2.05, 4.69) is 22.9 Å². The lowest BCUT2D eigenvalue weighted by Crippen LogP contribution is -1.86. The maximum Gasteiger partial charge on any atom is 0.0386 e. The minimum absolute atomic E-state index is 1.19. The zero-order valence-electron chi connectivity index (χ0n) is 4.71. The van der Waals surface area contributed by atoms with Crippen LogP contribution in [0.1, 0.15) is 13.3 Å². The molecule has 0 unspecified atom stereocenters. The second kappa shape index (κ2) is 6.70. The summed E-state index contributed by atoms with van der Waals surface area (Å²) in [6.07, 6.45) is 1.35. The third-order valence-electron chi connectivity index (χ3n) is 0.698. The first kappa shape index (κ1) is 7.70. The Hall–Kier alpha value is 0.697. The van der Waals surface area contributed by atoms with Crippen LogP contribution in [0.5, 0.6) is 0 Å². The fourth-order valence-corrected chi connectivity index (χ4v) is 1.95. The van der Waals surface area contributed by atoms with Crippen molar-refractivity contribution in [3.05, 3.63) is 0 Å². The number of rotatable bonds is 4. The van der Waals surface area contributed by atoms with Crippen molar-refractivity contribution in [2.75, 3.05) is 5.33 Å². The van der Waals surface area contributed by atoms with Crippen molar-refractivity contribution < 1.29 is 0 Å². The van der Waals surface area contributed by atoms with Crippen molar-refractivity contribution >= 4 is 25.4 Å². The summed E-state index contributed by atoms with van der Waals surface area (Å²) in [5.74, 6) is 0. The van der Waals surface area contributed by atoms with Crippen LogP contribution in [0.3, 0.4) is 0 Å². The second-order valence-electron chi connectivity index (χ2n) is 1.44. The molecule has 0 heterocycles. The smallest absolute Gasteiger partial charge is 0.0386 e. The molecule has 0 aromatic rings. The minimum atomic E-state index is 1.19. The largest absolute Gasteiger partial charge is 0.0931 e. The van der Waals surface area contributed by atoms with Crippen LogP contribution in [0, 0.1) is 0 Å². The molecule has 42 valence electrons. The molecular weight excluding hydrogens is 168 g/mol. The van der Waals surface area contributed by atoms with Crippen LogP contribution >= 0.6 is 15.9 Å². The van der Waals surface area contributed by atoms with Crippen molar-refractivity contribution in [3.8, 4) is 0 Å². The molecule has 0 aliphatic carbocycles. The van der Waals surface area contributed by atoms with Crippen LogP contribution in [0.25, 0.3) is 0 Å². The zero-order chi connectivity index (χ0) is 5.54. The van der Waals surface area contributed by atoms with Crippen LogP contribution in [0.15, 0.2) is 0 Å². The van der Waals surface area contributed by atoms with Gasteiger partial charge in [-0.2, -0.15) is 0 Å². The van der Waals surface area contributed by atoms with Gasteiger partial charge >= 0.3 is 0 Å². The molecule has 0 bridgehead atoms. The van der Waals surface area contributed by atoms with Crippen LogP contribution < -0.4 is 0 Å². The second-order valence-corrected chi connectivity index (χ2v) is 3.73. The molecule has 0 N–H and O–H groups in total. The summed E-state index contributed by atoms with van der Waals surface area (Å²) in [6.45, 7) is 2.24. The molecule has 0 fully saturated rings. The summed E-state index contributed by atoms with van der Waals surface area (Å²) >= 11 is 3.39. The van der Waals surface area contributed by atoms with Gasteiger partial charge in [0, 0.05) is 14.8 Å². The van der Waals surface area contributed by atoms with E-state index in [1.807, 2.05) is 0 Å². The highest BCUT2D eigenvalue weighted by Gasteiger charge is 1.82. The van der Waals surface area contributed by atoms with Gasteiger partial charge in [-0.05, 0) is 0 Å². The lowest BCUT2D eigenvalue weighted by atomic mass is 10.6. The highest BCUT2D eigenvalue weighted by atomic mass is 79.9. The van der Waals surface area contributed by atoms with Gasteiger partial charge in [-0.15, -0.1) is 0 Å². The molecule has 0 aliphatic rings. The Morgan fingerprint density at radius 1 is 1.43 bits per heavy atom. The number of alkyl halides is 1. The molecule has 2 radical (unpaired) electrons. The number of hydrogen-bond acceptors (Lipinski definition) is 0. The first-order valence-corrected chi connectivity index (χ1v) is 5.22. The van der Waals surface area contributed by atoms with Crippen LogP contribution in [-0.2, 0) is 0 Å². The zero-order valence-corrected chi connectivity index (χ0v) is 7.29. The van der Waals surface area contributed by atoms with Gasteiger partial charge in [0.2, 0.25) is 0 Å². The maximum absolute atomic E-state index is 3.39. The molecule has 0 aliphatic heterocycles. The molecule has 0 atom stereocenters. The Kier molecular flexibility index (Phi) is 7.36. The molecular formula is C5H11BrSi. The molecule has 0 aromatic heterocycles. The molecule has 7 heavy (non-hydrogen) atoms. The standard InChI is InChI=1S/C5H11BrSi/c1-2-4-7-5-3-6/h2-5H2,1H3. The molecule has 0 saturated carbocycles. The van der Waals surface area contributed by atoms with E-state index in [0.29, 0.717) is 0 Å². The molecule has 0 saturated heterocycles. The van der Waals surface area contributed by atoms with E-state index >= 15 is 0 Å². The third kappa shape index (κ3) is 6.70. The van der Waals surface area contributed by atoms with Gasteiger partial charge in [-0.1, -0.05) is 41.4 Å². The molecule has 0 rings (SSSR count). The predicted molar refractivity (Wildman–Crippen MR) is 39.5 cm³/mol. The van der Waals surface area contributed by atoms with E-state index < -0.39 is 0 Å². The van der Waals surface area contributed by atoms with E-state index in [1.165, 1.54) is 33.4 Å². The van der Waals surface area contributed by atoms with E-state index in [-0.39, 0.29) is 0 Å².